The summed E-state index contributed by atoms with van der Waals surface area (Å²) in [4.78, 5) is 24.7. The molecule has 4 N–H and O–H groups in total. The number of carboxylic acids is 1. The minimum absolute atomic E-state index is 0.0310. The number of carbonyl (C=O) groups is 2. The van der Waals surface area contributed by atoms with Crippen molar-refractivity contribution >= 4 is 11.9 Å². The maximum Gasteiger partial charge on any atom is 0.326 e. The van der Waals surface area contributed by atoms with Gasteiger partial charge >= 0.3 is 5.97 Å². The van der Waals surface area contributed by atoms with Gasteiger partial charge in [-0.25, -0.2) is 4.79 Å². The predicted molar refractivity (Wildman–Crippen MR) is 63.7 cm³/mol. The van der Waals surface area contributed by atoms with Crippen LogP contribution in [0, 0.1) is 5.92 Å². The van der Waals surface area contributed by atoms with Crippen LogP contribution in [0.15, 0.2) is 0 Å². The number of aliphatic hydroxyl groups excluding tert-OH is 1. The van der Waals surface area contributed by atoms with Crippen LogP contribution in [0.2, 0.25) is 0 Å². The van der Waals surface area contributed by atoms with Crippen molar-refractivity contribution in [2.75, 3.05) is 6.54 Å². The standard InChI is InChI=1S/C12H20N2O4/c13-8-3-1-2-7(4-8)11(16)14-6-9(15)5-10(14)12(17)18/h7-10,15H,1-6,13H2,(H,17,18). The largest absolute Gasteiger partial charge is 0.480 e. The van der Waals surface area contributed by atoms with Crippen molar-refractivity contribution in [3.63, 3.8) is 0 Å². The summed E-state index contributed by atoms with van der Waals surface area (Å²) in [5, 5.41) is 18.6. The molecule has 1 aliphatic heterocycles. The number of carbonyl (C=O) groups excluding carboxylic acids is 1. The maximum absolute atomic E-state index is 12.3. The first-order valence-electron chi connectivity index (χ1n) is 6.46. The predicted octanol–water partition coefficient (Wildman–Crippen LogP) is -0.450. The Labute approximate surface area is 106 Å². The third kappa shape index (κ3) is 2.64. The molecule has 4 unspecified atom stereocenters. The molecular weight excluding hydrogens is 236 g/mol. The Balaban J connectivity index is 2.05. The molecule has 2 aliphatic rings. The molecule has 0 aromatic carbocycles. The SMILES string of the molecule is NC1CCCC(C(=O)N2CC(O)CC2C(=O)O)C1. The second kappa shape index (κ2) is 5.24. The van der Waals surface area contributed by atoms with Crippen LogP contribution in [0.1, 0.15) is 32.1 Å². The van der Waals surface area contributed by atoms with Crippen molar-refractivity contribution in [1.29, 1.82) is 0 Å². The number of hydrogen-bond acceptors (Lipinski definition) is 4. The van der Waals surface area contributed by atoms with Crippen LogP contribution in [-0.4, -0.2) is 51.7 Å². The lowest BCUT2D eigenvalue weighted by Crippen LogP contribution is -2.45. The molecule has 0 bridgehead atoms. The van der Waals surface area contributed by atoms with Gasteiger partial charge in [-0.15, -0.1) is 0 Å². The van der Waals surface area contributed by atoms with Crippen molar-refractivity contribution in [3.05, 3.63) is 0 Å². The third-order valence-corrected chi connectivity index (χ3v) is 3.91. The number of nitrogens with zero attached hydrogens (tertiary/aromatic N) is 1. The van der Waals surface area contributed by atoms with Crippen LogP contribution in [0.5, 0.6) is 0 Å². The van der Waals surface area contributed by atoms with E-state index in [2.05, 4.69) is 0 Å². The lowest BCUT2D eigenvalue weighted by Gasteiger charge is -2.31. The molecule has 6 nitrogen and oxygen atoms in total. The summed E-state index contributed by atoms with van der Waals surface area (Å²) in [5.74, 6) is -1.38. The van der Waals surface area contributed by atoms with Gasteiger partial charge in [0.2, 0.25) is 5.91 Å². The maximum atomic E-state index is 12.3. The smallest absolute Gasteiger partial charge is 0.326 e. The highest BCUT2D eigenvalue weighted by Gasteiger charge is 2.41. The Morgan fingerprint density at radius 1 is 1.22 bits per heavy atom. The lowest BCUT2D eigenvalue weighted by molar-refractivity contribution is -0.150. The summed E-state index contributed by atoms with van der Waals surface area (Å²) >= 11 is 0. The van der Waals surface area contributed by atoms with Gasteiger partial charge in [0, 0.05) is 24.9 Å². The number of hydrogen-bond donors (Lipinski definition) is 3. The molecule has 1 amide bonds. The average molecular weight is 256 g/mol. The minimum atomic E-state index is -1.04. The fourth-order valence-corrected chi connectivity index (χ4v) is 2.98. The van der Waals surface area contributed by atoms with Gasteiger partial charge in [-0.1, -0.05) is 6.42 Å². The molecule has 2 fully saturated rings. The number of amides is 1. The molecule has 2 rings (SSSR count). The van der Waals surface area contributed by atoms with Gasteiger partial charge in [0.05, 0.1) is 6.10 Å². The van der Waals surface area contributed by atoms with Crippen molar-refractivity contribution in [2.24, 2.45) is 11.7 Å². The van der Waals surface area contributed by atoms with Gasteiger partial charge in [0.25, 0.3) is 0 Å². The summed E-state index contributed by atoms with van der Waals surface area (Å²) in [5.41, 5.74) is 5.85. The van der Waals surface area contributed by atoms with Gasteiger partial charge in [0.1, 0.15) is 6.04 Å². The molecule has 0 aromatic rings. The van der Waals surface area contributed by atoms with E-state index < -0.39 is 18.1 Å². The number of carboxylic acid groups (broad SMARTS) is 1. The highest BCUT2D eigenvalue weighted by atomic mass is 16.4. The van der Waals surface area contributed by atoms with E-state index in [-0.39, 0.29) is 30.8 Å². The summed E-state index contributed by atoms with van der Waals surface area (Å²) in [6, 6.07) is -0.853. The fraction of sp³-hybridized carbons (Fsp3) is 0.833. The van der Waals surface area contributed by atoms with Gasteiger partial charge in [-0.3, -0.25) is 4.79 Å². The Morgan fingerprint density at radius 3 is 2.56 bits per heavy atom. The van der Waals surface area contributed by atoms with Crippen molar-refractivity contribution in [3.8, 4) is 0 Å². The molecular formula is C12H20N2O4. The first-order chi connectivity index (χ1) is 8.49. The highest BCUT2D eigenvalue weighted by Crippen LogP contribution is 2.28. The van der Waals surface area contributed by atoms with E-state index in [0.29, 0.717) is 6.42 Å². The molecule has 6 heteroatoms. The van der Waals surface area contributed by atoms with E-state index in [0.717, 1.165) is 19.3 Å². The van der Waals surface area contributed by atoms with Crippen LogP contribution >= 0.6 is 0 Å². The lowest BCUT2D eigenvalue weighted by atomic mass is 9.85. The molecule has 18 heavy (non-hydrogen) atoms. The Bertz CT molecular complexity index is 347. The second-order valence-corrected chi connectivity index (χ2v) is 5.36. The molecule has 0 aromatic heterocycles. The van der Waals surface area contributed by atoms with Gasteiger partial charge in [-0.05, 0) is 19.3 Å². The van der Waals surface area contributed by atoms with E-state index in [4.69, 9.17) is 10.8 Å². The monoisotopic (exact) mass is 256 g/mol. The Morgan fingerprint density at radius 2 is 1.94 bits per heavy atom. The van der Waals surface area contributed by atoms with Crippen LogP contribution < -0.4 is 5.73 Å². The zero-order valence-corrected chi connectivity index (χ0v) is 10.3. The van der Waals surface area contributed by atoms with E-state index in [1.54, 1.807) is 0 Å². The average Bonchev–Trinajstić information content (AvgIpc) is 2.70. The molecule has 0 radical (unpaired) electrons. The van der Waals surface area contributed by atoms with E-state index in [9.17, 15) is 14.7 Å². The molecule has 102 valence electrons. The number of aliphatic hydroxyl groups is 1. The third-order valence-electron chi connectivity index (χ3n) is 3.91. The Hall–Kier alpha value is -1.14. The van der Waals surface area contributed by atoms with Crippen LogP contribution in [0.4, 0.5) is 0 Å². The minimum Gasteiger partial charge on any atom is -0.480 e. The highest BCUT2D eigenvalue weighted by molar-refractivity contribution is 5.86. The molecule has 0 spiro atoms. The molecule has 1 heterocycles. The van der Waals surface area contributed by atoms with Gasteiger partial charge < -0.3 is 20.8 Å². The van der Waals surface area contributed by atoms with Crippen LogP contribution in [0.25, 0.3) is 0 Å². The van der Waals surface area contributed by atoms with Crippen molar-refractivity contribution < 1.29 is 19.8 Å². The zero-order chi connectivity index (χ0) is 13.3. The fourth-order valence-electron chi connectivity index (χ4n) is 2.98. The summed E-state index contributed by atoms with van der Waals surface area (Å²) in [6.45, 7) is 0.127. The van der Waals surface area contributed by atoms with Gasteiger partial charge in [0.15, 0.2) is 0 Å². The topological polar surface area (TPSA) is 104 Å². The summed E-state index contributed by atoms with van der Waals surface area (Å²) in [7, 11) is 0. The quantitative estimate of drug-likeness (QED) is 0.621. The number of rotatable bonds is 2. The molecule has 4 atom stereocenters. The van der Waals surface area contributed by atoms with Crippen molar-refractivity contribution in [2.45, 2.75) is 50.3 Å². The van der Waals surface area contributed by atoms with Crippen LogP contribution in [0.3, 0.4) is 0 Å². The molecule has 1 saturated carbocycles. The van der Waals surface area contributed by atoms with E-state index in [1.165, 1.54) is 4.90 Å². The van der Waals surface area contributed by atoms with Gasteiger partial charge in [-0.2, -0.15) is 0 Å². The number of likely N-dealkylation sites (tertiary alicyclic amines) is 1. The number of nitrogens with two attached hydrogens (primary N) is 1. The summed E-state index contributed by atoms with van der Waals surface area (Å²) in [6.07, 6.45) is 2.62. The normalized spacial score (nSPS) is 36.7. The van der Waals surface area contributed by atoms with E-state index in [1.807, 2.05) is 0 Å². The van der Waals surface area contributed by atoms with E-state index >= 15 is 0 Å². The number of aliphatic carboxylic acids is 1. The number of β-amino-alcohol motifs (C(OH)–C–C–N with tert-alkyl or cyclic N) is 1. The zero-order valence-electron chi connectivity index (χ0n) is 10.3. The molecule has 1 aliphatic carbocycles. The Kier molecular flexibility index (Phi) is 3.87. The first kappa shape index (κ1) is 13.3. The second-order valence-electron chi connectivity index (χ2n) is 5.36. The van der Waals surface area contributed by atoms with Crippen molar-refractivity contribution in [1.82, 2.24) is 4.90 Å². The molecule has 1 saturated heterocycles. The first-order valence-corrected chi connectivity index (χ1v) is 6.46. The van der Waals surface area contributed by atoms with Crippen LogP contribution in [-0.2, 0) is 9.59 Å². The summed E-state index contributed by atoms with van der Waals surface area (Å²) < 4.78 is 0.